The van der Waals surface area contributed by atoms with Gasteiger partial charge in [0.2, 0.25) is 9.84 Å². The minimum absolute atomic E-state index is 0.246. The number of anilines is 6. The summed E-state index contributed by atoms with van der Waals surface area (Å²) in [6.07, 6.45) is 0. The van der Waals surface area contributed by atoms with Gasteiger partial charge < -0.3 is 9.80 Å². The maximum Gasteiger partial charge on any atom is 0.207 e. The van der Waals surface area contributed by atoms with Crippen molar-refractivity contribution >= 4 is 54.8 Å². The summed E-state index contributed by atoms with van der Waals surface area (Å²) in [5.41, 5.74) is 12.8. The Morgan fingerprint density at radius 3 is 1.19 bits per heavy atom. The summed E-state index contributed by atoms with van der Waals surface area (Å²) < 4.78 is 43.2. The van der Waals surface area contributed by atoms with Gasteiger partial charge >= 0.3 is 0 Å². The van der Waals surface area contributed by atoms with Gasteiger partial charge in [-0.3, -0.25) is 0 Å². The highest BCUT2D eigenvalue weighted by atomic mass is 32.2. The van der Waals surface area contributed by atoms with E-state index in [1.165, 1.54) is 11.1 Å². The van der Waals surface area contributed by atoms with Gasteiger partial charge in [-0.15, -0.1) is 0 Å². The number of hydrogen-bond donors (Lipinski definition) is 0. The van der Waals surface area contributed by atoms with Gasteiger partial charge in [-0.1, -0.05) is 82.9 Å². The third kappa shape index (κ3) is 5.50. The van der Waals surface area contributed by atoms with Crippen LogP contribution in [0.1, 0.15) is 22.3 Å². The Bertz CT molecular complexity index is 2630. The lowest BCUT2D eigenvalue weighted by Crippen LogP contribution is -2.10. The summed E-state index contributed by atoms with van der Waals surface area (Å²) in [4.78, 5) is 6.04. The van der Waals surface area contributed by atoms with Gasteiger partial charge in [-0.2, -0.15) is 0 Å². The molecule has 2 heterocycles. The van der Waals surface area contributed by atoms with Gasteiger partial charge in [-0.05, 0) is 118 Å². The summed E-state index contributed by atoms with van der Waals surface area (Å²) >= 11 is 0. The van der Waals surface area contributed by atoms with Crippen LogP contribution in [0.5, 0.6) is 0 Å². The van der Waals surface area contributed by atoms with Gasteiger partial charge in [0.05, 0.1) is 30.4 Å². The second kappa shape index (κ2) is 12.4. The molecule has 0 saturated heterocycles. The number of aryl methyl sites for hydroxylation is 4. The zero-order chi connectivity index (χ0) is 36.6. The van der Waals surface area contributed by atoms with Crippen molar-refractivity contribution in [2.45, 2.75) is 47.3 Å². The van der Waals surface area contributed by atoms with Crippen molar-refractivity contribution < 1.29 is 12.6 Å². The molecule has 0 radical (unpaired) electrons. The fourth-order valence-electron chi connectivity index (χ4n) is 7.38. The van der Waals surface area contributed by atoms with Gasteiger partial charge in [0.1, 0.15) is 0 Å². The summed E-state index contributed by atoms with van der Waals surface area (Å²) in [5, 5.41) is 0. The molecule has 7 aromatic rings. The number of sulfone groups is 1. The second-order valence-electron chi connectivity index (χ2n) is 14.0. The summed E-state index contributed by atoms with van der Waals surface area (Å²) in [7, 11) is -5.38. The van der Waals surface area contributed by atoms with Crippen LogP contribution in [0.3, 0.4) is 0 Å². The van der Waals surface area contributed by atoms with E-state index in [-0.39, 0.29) is 9.79 Å². The van der Waals surface area contributed by atoms with Crippen LogP contribution >= 0.6 is 0 Å². The highest BCUT2D eigenvalue weighted by Crippen LogP contribution is 2.52. The number of hydrogen-bond acceptors (Lipinski definition) is 5. The molecule has 9 rings (SSSR count). The lowest BCUT2D eigenvalue weighted by molar-refractivity contribution is 0.598. The van der Waals surface area contributed by atoms with E-state index >= 15 is 0 Å². The van der Waals surface area contributed by atoms with Crippen molar-refractivity contribution in [2.75, 3.05) is 9.80 Å². The first kappa shape index (κ1) is 33.1. The molecular weight excluding hydrogens is 693 g/mol. The number of benzene rings is 7. The second-order valence-corrected chi connectivity index (χ2v) is 17.3. The third-order valence-corrected chi connectivity index (χ3v) is 13.6. The van der Waals surface area contributed by atoms with E-state index in [9.17, 15) is 12.6 Å². The Morgan fingerprint density at radius 2 is 0.736 bits per heavy atom. The van der Waals surface area contributed by atoms with E-state index in [0.717, 1.165) is 50.8 Å². The third-order valence-electron chi connectivity index (χ3n) is 10.3. The first-order valence-electron chi connectivity index (χ1n) is 17.6. The minimum Gasteiger partial charge on any atom is -0.310 e. The number of fused-ring (bicyclic) bond motifs is 6. The molecule has 1 unspecified atom stereocenters. The lowest BCUT2D eigenvalue weighted by atomic mass is 9.99. The molecule has 0 bridgehead atoms. The van der Waals surface area contributed by atoms with Crippen molar-refractivity contribution in [3.63, 3.8) is 0 Å². The van der Waals surface area contributed by atoms with E-state index in [4.69, 9.17) is 0 Å². The summed E-state index contributed by atoms with van der Waals surface area (Å²) in [6, 6.07) is 48.3. The highest BCUT2D eigenvalue weighted by Gasteiger charge is 2.38. The average molecular weight is 729 g/mol. The van der Waals surface area contributed by atoms with Crippen LogP contribution < -0.4 is 9.80 Å². The molecule has 7 aromatic carbocycles. The van der Waals surface area contributed by atoms with Crippen molar-refractivity contribution in [1.82, 2.24) is 0 Å². The first-order chi connectivity index (χ1) is 25.6. The maximum absolute atomic E-state index is 14.4. The molecule has 260 valence electrons. The molecule has 0 fully saturated rings. The number of rotatable bonds is 6. The Morgan fingerprint density at radius 1 is 0.377 bits per heavy atom. The predicted octanol–water partition coefficient (Wildman–Crippen LogP) is 11.8. The van der Waals surface area contributed by atoms with Crippen LogP contribution in [0.4, 0.5) is 34.1 Å². The Hall–Kier alpha value is -5.76. The number of nitrogens with zero attached hydrogens (tertiary/aromatic N) is 2. The predicted molar refractivity (Wildman–Crippen MR) is 216 cm³/mol. The molecule has 0 N–H and O–H groups in total. The molecule has 1 atom stereocenters. The van der Waals surface area contributed by atoms with Crippen LogP contribution in [0.2, 0.25) is 0 Å². The van der Waals surface area contributed by atoms with Crippen LogP contribution in [0, 0.1) is 27.7 Å². The smallest absolute Gasteiger partial charge is 0.207 e. The molecule has 0 aliphatic carbocycles. The van der Waals surface area contributed by atoms with Crippen LogP contribution in [0.25, 0.3) is 22.3 Å². The van der Waals surface area contributed by atoms with Crippen molar-refractivity contribution in [2.24, 2.45) is 0 Å². The van der Waals surface area contributed by atoms with E-state index in [0.29, 0.717) is 26.5 Å². The average Bonchev–Trinajstić information content (AvgIpc) is 3.56. The Balaban J connectivity index is 1.12. The fraction of sp³-hybridized carbons (Fsp3) is 0.0870. The molecule has 0 amide bonds. The van der Waals surface area contributed by atoms with E-state index < -0.39 is 20.6 Å². The van der Waals surface area contributed by atoms with Crippen molar-refractivity contribution in [3.05, 3.63) is 168 Å². The van der Waals surface area contributed by atoms with E-state index in [1.807, 2.05) is 50.2 Å². The first-order valence-corrected chi connectivity index (χ1v) is 20.2. The molecule has 0 saturated carbocycles. The normalized spacial score (nSPS) is 14.6. The van der Waals surface area contributed by atoms with Gasteiger partial charge in [0, 0.05) is 50.8 Å². The topological polar surface area (TPSA) is 57.7 Å². The largest absolute Gasteiger partial charge is 0.310 e. The standard InChI is InChI=1S/C46H36N2O3S2/c1-29-5-13-33(14-6-29)47(34-15-7-30(2)8-16-34)37-21-23-39-41-28-46-42(27-44(41)52(49)43(39)25-37)40-24-22-38(26-45(40)53(46,50)51)48(35-17-9-31(3)10-18-35)36-19-11-32(4)12-20-36/h5-28H,1-4H3. The molecule has 0 aromatic heterocycles. The van der Waals surface area contributed by atoms with Crippen LogP contribution in [-0.4, -0.2) is 12.6 Å². The highest BCUT2D eigenvalue weighted by molar-refractivity contribution is 7.92. The fourth-order valence-corrected chi connectivity index (χ4v) is 10.5. The SMILES string of the molecule is Cc1ccc(N(c2ccc(C)cc2)c2ccc3c(c2)S(=O)c2cc4c(cc2-3)S(=O)(=O)c2cc(N(c3ccc(C)cc3)c3ccc(C)cc3)ccc2-4)cc1. The Kier molecular flexibility index (Phi) is 7.77. The summed E-state index contributed by atoms with van der Waals surface area (Å²) in [5.74, 6) is 0. The van der Waals surface area contributed by atoms with Gasteiger partial charge in [-0.25, -0.2) is 12.6 Å². The zero-order valence-corrected chi connectivity index (χ0v) is 31.4. The van der Waals surface area contributed by atoms with Crippen LogP contribution in [0.15, 0.2) is 165 Å². The molecular formula is C46H36N2O3S2. The Labute approximate surface area is 313 Å². The van der Waals surface area contributed by atoms with Crippen molar-refractivity contribution in [3.8, 4) is 22.3 Å². The zero-order valence-electron chi connectivity index (χ0n) is 29.8. The monoisotopic (exact) mass is 728 g/mol. The summed E-state index contributed by atoms with van der Waals surface area (Å²) in [6.45, 7) is 8.23. The van der Waals surface area contributed by atoms with E-state index in [1.54, 1.807) is 12.1 Å². The molecule has 2 aliphatic rings. The molecule has 5 nitrogen and oxygen atoms in total. The molecule has 2 aliphatic heterocycles. The van der Waals surface area contributed by atoms with Crippen LogP contribution in [-0.2, 0) is 20.6 Å². The van der Waals surface area contributed by atoms with Gasteiger partial charge in [0.25, 0.3) is 0 Å². The molecule has 0 spiro atoms. The van der Waals surface area contributed by atoms with Crippen molar-refractivity contribution in [1.29, 1.82) is 0 Å². The molecule has 7 heteroatoms. The van der Waals surface area contributed by atoms with Gasteiger partial charge in [0.15, 0.2) is 0 Å². The van der Waals surface area contributed by atoms with E-state index in [2.05, 4.69) is 121 Å². The lowest BCUT2D eigenvalue weighted by Gasteiger charge is -2.26. The quantitative estimate of drug-likeness (QED) is 0.171. The molecule has 53 heavy (non-hydrogen) atoms. The maximum atomic E-state index is 14.4. The minimum atomic E-state index is -3.87.